The average Bonchev–Trinajstić information content (AvgIpc) is 3.47. The maximum atomic E-state index is 14.0. The molecule has 1 aliphatic rings. The molecule has 0 saturated carbocycles. The van der Waals surface area contributed by atoms with Gasteiger partial charge < -0.3 is 19.2 Å². The molecule has 3 aromatic carbocycles. The molecule has 7 nitrogen and oxygen atoms in total. The van der Waals surface area contributed by atoms with Crippen molar-refractivity contribution in [2.75, 3.05) is 30.0 Å². The quantitative estimate of drug-likeness (QED) is 0.225. The monoisotopic (exact) mass is 564 g/mol. The zero-order chi connectivity index (χ0) is 27.8. The van der Waals surface area contributed by atoms with Gasteiger partial charge in [-0.05, 0) is 61.9 Å². The lowest BCUT2D eigenvalue weighted by Crippen LogP contribution is -2.31. The van der Waals surface area contributed by atoms with E-state index < -0.39 is 23.5 Å². The van der Waals surface area contributed by atoms with Crippen molar-refractivity contribution in [1.29, 1.82) is 0 Å². The Morgan fingerprint density at radius 2 is 1.74 bits per heavy atom. The Kier molecular flexibility index (Phi) is 7.30. The number of ether oxygens (including phenoxy) is 1. The van der Waals surface area contributed by atoms with Gasteiger partial charge in [-0.3, -0.25) is 14.5 Å². The van der Waals surface area contributed by atoms with Gasteiger partial charge >= 0.3 is 0 Å². The highest BCUT2D eigenvalue weighted by atomic mass is 35.5. The number of hydrogen-bond donors (Lipinski definition) is 1. The second kappa shape index (κ2) is 10.7. The molecule has 1 amide bonds. The number of Topliss-reactive ketones (excluding diaryl/α,β-unsaturated/α-hetero) is 1. The number of aliphatic hydroxyl groups is 1. The summed E-state index contributed by atoms with van der Waals surface area (Å²) in [6.45, 7) is 5.80. The third-order valence-electron chi connectivity index (χ3n) is 6.87. The summed E-state index contributed by atoms with van der Waals surface area (Å²) in [5, 5.41) is 12.5. The Morgan fingerprint density at radius 1 is 1.03 bits per heavy atom. The highest BCUT2D eigenvalue weighted by molar-refractivity contribution is 6.32. The van der Waals surface area contributed by atoms with Crippen molar-refractivity contribution < 1.29 is 23.8 Å². The van der Waals surface area contributed by atoms with Crippen molar-refractivity contribution in [1.82, 2.24) is 0 Å². The fourth-order valence-corrected chi connectivity index (χ4v) is 5.38. The molecule has 0 radical (unpaired) electrons. The number of hydrogen-bond acceptors (Lipinski definition) is 6. The van der Waals surface area contributed by atoms with Crippen LogP contribution in [0.2, 0.25) is 10.0 Å². The summed E-state index contributed by atoms with van der Waals surface area (Å²) in [6.07, 6.45) is 0. The maximum Gasteiger partial charge on any atom is 0.294 e. The summed E-state index contributed by atoms with van der Waals surface area (Å²) >= 11 is 12.4. The minimum atomic E-state index is -0.923. The first-order valence-electron chi connectivity index (χ1n) is 12.5. The number of benzene rings is 3. The second-order valence-corrected chi connectivity index (χ2v) is 9.92. The summed E-state index contributed by atoms with van der Waals surface area (Å²) in [5.74, 6) is -1.69. The van der Waals surface area contributed by atoms with Crippen molar-refractivity contribution in [3.8, 4) is 5.75 Å². The van der Waals surface area contributed by atoms with E-state index in [1.165, 1.54) is 18.1 Å². The summed E-state index contributed by atoms with van der Waals surface area (Å²) in [6, 6.07) is 18.1. The van der Waals surface area contributed by atoms with E-state index in [0.717, 1.165) is 18.8 Å². The number of rotatable bonds is 8. The number of nitrogens with zero attached hydrogens (tertiary/aromatic N) is 2. The van der Waals surface area contributed by atoms with Crippen LogP contribution in [-0.2, 0) is 4.79 Å². The Labute approximate surface area is 235 Å². The molecule has 1 aromatic heterocycles. The van der Waals surface area contributed by atoms with Crippen molar-refractivity contribution in [3.05, 3.63) is 99.4 Å². The first kappa shape index (κ1) is 26.7. The van der Waals surface area contributed by atoms with Gasteiger partial charge in [-0.2, -0.15) is 0 Å². The lowest BCUT2D eigenvalue weighted by molar-refractivity contribution is -0.117. The third-order valence-corrected chi connectivity index (χ3v) is 7.32. The zero-order valence-corrected chi connectivity index (χ0v) is 23.1. The van der Waals surface area contributed by atoms with Gasteiger partial charge in [0.2, 0.25) is 5.78 Å². The topological polar surface area (TPSA) is 83.2 Å². The lowest BCUT2D eigenvalue weighted by Gasteiger charge is -2.28. The Hall–Kier alpha value is -3.94. The minimum absolute atomic E-state index is 0.0578. The number of halogens is 2. The minimum Gasteiger partial charge on any atom is -0.503 e. The predicted molar refractivity (Wildman–Crippen MR) is 153 cm³/mol. The number of amides is 1. The number of ketones is 1. The summed E-state index contributed by atoms with van der Waals surface area (Å²) in [4.78, 5) is 31.0. The molecule has 4 aromatic rings. The van der Waals surface area contributed by atoms with Gasteiger partial charge in [0, 0.05) is 46.0 Å². The largest absolute Gasteiger partial charge is 0.503 e. The molecule has 0 spiro atoms. The molecule has 0 bridgehead atoms. The first-order valence-corrected chi connectivity index (χ1v) is 13.2. The van der Waals surface area contributed by atoms with Crippen LogP contribution in [0.5, 0.6) is 5.75 Å². The normalized spacial score (nSPS) is 15.4. The molecule has 0 aliphatic carbocycles. The highest BCUT2D eigenvalue weighted by Crippen LogP contribution is 2.43. The average molecular weight is 565 g/mol. The number of furan rings is 1. The molecule has 1 unspecified atom stereocenters. The lowest BCUT2D eigenvalue weighted by atomic mass is 9.94. The molecule has 1 atom stereocenters. The molecule has 0 fully saturated rings. The van der Waals surface area contributed by atoms with E-state index >= 15 is 0 Å². The number of carbonyl (C=O) groups is 2. The molecule has 200 valence electrons. The van der Waals surface area contributed by atoms with E-state index in [1.807, 2.05) is 24.3 Å². The van der Waals surface area contributed by atoms with Crippen LogP contribution in [0.3, 0.4) is 0 Å². The van der Waals surface area contributed by atoms with Crippen LogP contribution in [0.1, 0.15) is 36.0 Å². The van der Waals surface area contributed by atoms with Gasteiger partial charge in [0.25, 0.3) is 5.91 Å². The van der Waals surface area contributed by atoms with Crippen LogP contribution in [-0.4, -0.2) is 37.0 Å². The van der Waals surface area contributed by atoms with Gasteiger partial charge in [0.05, 0.1) is 18.7 Å². The summed E-state index contributed by atoms with van der Waals surface area (Å²) in [7, 11) is 1.47. The molecule has 5 rings (SSSR count). The number of aliphatic hydroxyl groups excluding tert-OH is 1. The van der Waals surface area contributed by atoms with Crippen molar-refractivity contribution in [3.63, 3.8) is 0 Å². The molecular formula is C30H26Cl2N2O5. The third kappa shape index (κ3) is 4.73. The van der Waals surface area contributed by atoms with E-state index in [9.17, 15) is 14.7 Å². The number of fused-ring (bicyclic) bond motifs is 1. The van der Waals surface area contributed by atoms with Gasteiger partial charge in [-0.15, -0.1) is 0 Å². The van der Waals surface area contributed by atoms with Crippen molar-refractivity contribution in [2.45, 2.75) is 19.9 Å². The Balaban J connectivity index is 1.64. The molecule has 39 heavy (non-hydrogen) atoms. The first-order chi connectivity index (χ1) is 18.8. The van der Waals surface area contributed by atoms with Gasteiger partial charge in [0.1, 0.15) is 0 Å². The van der Waals surface area contributed by atoms with Gasteiger partial charge in [0.15, 0.2) is 22.9 Å². The number of carbonyl (C=O) groups excluding carboxylic acids is 2. The fourth-order valence-electron chi connectivity index (χ4n) is 4.98. The van der Waals surface area contributed by atoms with E-state index in [1.54, 1.807) is 36.4 Å². The molecule has 9 heteroatoms. The van der Waals surface area contributed by atoms with Crippen molar-refractivity contribution >= 4 is 57.2 Å². The molecule has 1 aliphatic heterocycles. The van der Waals surface area contributed by atoms with Crippen LogP contribution < -0.4 is 14.5 Å². The Bertz CT molecular complexity index is 1610. The molecular weight excluding hydrogens is 539 g/mol. The van der Waals surface area contributed by atoms with Gasteiger partial charge in [-0.25, -0.2) is 0 Å². The van der Waals surface area contributed by atoms with E-state index in [4.69, 9.17) is 32.4 Å². The Morgan fingerprint density at radius 3 is 2.38 bits per heavy atom. The van der Waals surface area contributed by atoms with E-state index in [0.29, 0.717) is 38.0 Å². The van der Waals surface area contributed by atoms with E-state index in [2.05, 4.69) is 18.7 Å². The summed E-state index contributed by atoms with van der Waals surface area (Å²) < 4.78 is 11.3. The van der Waals surface area contributed by atoms with Crippen LogP contribution in [0.15, 0.2) is 82.5 Å². The van der Waals surface area contributed by atoms with Crippen LogP contribution in [0.25, 0.3) is 11.0 Å². The zero-order valence-electron chi connectivity index (χ0n) is 21.6. The SMILES string of the molecule is CCN(CC)c1ccc(C2C(C(=O)c3cc4cc(Cl)cc(OC)c4o3)=C(O)C(=O)N2c2cccc(Cl)c2)cc1. The smallest absolute Gasteiger partial charge is 0.294 e. The van der Waals surface area contributed by atoms with E-state index in [-0.39, 0.29) is 11.3 Å². The van der Waals surface area contributed by atoms with Crippen LogP contribution in [0.4, 0.5) is 11.4 Å². The molecule has 0 saturated heterocycles. The standard InChI is InChI=1S/C30H26Cl2N2O5/c1-4-33(5-2)21-11-9-17(10-12-21)26-25(28(36)30(37)34(26)22-8-6-7-19(31)15-22)27(35)23-14-18-13-20(32)16-24(38-3)29(18)39-23/h6-16,26,36H,4-5H2,1-3H3. The maximum absolute atomic E-state index is 14.0. The fraction of sp³-hybridized carbons (Fsp3) is 0.200. The molecule has 2 heterocycles. The summed E-state index contributed by atoms with van der Waals surface area (Å²) in [5.41, 5.74) is 2.33. The van der Waals surface area contributed by atoms with Crippen LogP contribution in [0, 0.1) is 0 Å². The number of methoxy groups -OCH3 is 1. The predicted octanol–water partition coefficient (Wildman–Crippen LogP) is 7.38. The van der Waals surface area contributed by atoms with Gasteiger partial charge in [-0.1, -0.05) is 41.4 Å². The van der Waals surface area contributed by atoms with Crippen molar-refractivity contribution in [2.24, 2.45) is 0 Å². The molecule has 1 N–H and O–H groups in total. The second-order valence-electron chi connectivity index (χ2n) is 9.05. The highest BCUT2D eigenvalue weighted by Gasteiger charge is 2.45. The van der Waals surface area contributed by atoms with Crippen LogP contribution >= 0.6 is 23.2 Å². The number of anilines is 2.